The molecular weight excluding hydrogens is 400 g/mol. The molecule has 0 aliphatic carbocycles. The first-order valence-electron chi connectivity index (χ1n) is 11.6. The summed E-state index contributed by atoms with van der Waals surface area (Å²) in [4.78, 5) is 26.8. The third-order valence-corrected chi connectivity index (χ3v) is 5.61. The van der Waals surface area contributed by atoms with Crippen molar-refractivity contribution in [3.8, 4) is 0 Å². The van der Waals surface area contributed by atoms with Gasteiger partial charge in [0.2, 0.25) is 0 Å². The highest BCUT2D eigenvalue weighted by molar-refractivity contribution is 6.25. The van der Waals surface area contributed by atoms with E-state index in [0.717, 1.165) is 45.5 Å². The van der Waals surface area contributed by atoms with Crippen LogP contribution in [-0.4, -0.2) is 25.2 Å². The Kier molecular flexibility index (Phi) is 7.55. The number of hydrogen-bond acceptors (Lipinski definition) is 4. The van der Waals surface area contributed by atoms with Gasteiger partial charge in [-0.1, -0.05) is 77.9 Å². The van der Waals surface area contributed by atoms with Crippen molar-refractivity contribution < 1.29 is 19.1 Å². The smallest absolute Gasteiger partial charge is 0.339 e. The summed E-state index contributed by atoms with van der Waals surface area (Å²) in [6.07, 6.45) is 1.47. The number of benzene rings is 3. The Morgan fingerprint density at radius 1 is 0.688 bits per heavy atom. The molecule has 0 radical (unpaired) electrons. The molecule has 3 aromatic rings. The highest BCUT2D eigenvalue weighted by Gasteiger charge is 2.26. The zero-order valence-corrected chi connectivity index (χ0v) is 20.1. The Bertz CT molecular complexity index is 1050. The van der Waals surface area contributed by atoms with Crippen LogP contribution in [-0.2, 0) is 22.3 Å². The van der Waals surface area contributed by atoms with Crippen LogP contribution in [0, 0.1) is 11.8 Å². The lowest BCUT2D eigenvalue weighted by Gasteiger charge is -2.20. The number of carbonyl (C=O) groups excluding carboxylic acids is 2. The first kappa shape index (κ1) is 23.8. The Balaban J connectivity index is 2.44. The molecule has 0 unspecified atom stereocenters. The number of esters is 2. The van der Waals surface area contributed by atoms with Crippen LogP contribution in [0.25, 0.3) is 21.5 Å². The Hall–Kier alpha value is -2.88. The van der Waals surface area contributed by atoms with E-state index in [2.05, 4.69) is 13.8 Å². The van der Waals surface area contributed by atoms with Gasteiger partial charge in [0.05, 0.1) is 24.3 Å². The lowest BCUT2D eigenvalue weighted by atomic mass is 9.86. The molecule has 0 N–H and O–H groups in total. The second-order valence-corrected chi connectivity index (χ2v) is 9.12. The van der Waals surface area contributed by atoms with E-state index < -0.39 is 0 Å². The summed E-state index contributed by atoms with van der Waals surface area (Å²) in [5.74, 6) is -0.216. The summed E-state index contributed by atoms with van der Waals surface area (Å²) in [7, 11) is 0. The van der Waals surface area contributed by atoms with Gasteiger partial charge in [0, 0.05) is 10.8 Å². The molecular formula is C28H34O4. The Labute approximate surface area is 190 Å². The zero-order valence-electron chi connectivity index (χ0n) is 20.1. The summed E-state index contributed by atoms with van der Waals surface area (Å²) in [5, 5.41) is 3.09. The van der Waals surface area contributed by atoms with Crippen molar-refractivity contribution in [1.82, 2.24) is 0 Å². The normalized spacial score (nSPS) is 11.5. The first-order chi connectivity index (χ1) is 15.3. The average molecular weight is 435 g/mol. The topological polar surface area (TPSA) is 52.6 Å². The van der Waals surface area contributed by atoms with E-state index in [1.807, 2.05) is 64.1 Å². The third kappa shape index (κ3) is 4.64. The predicted molar refractivity (Wildman–Crippen MR) is 130 cm³/mol. The molecule has 4 heteroatoms. The Morgan fingerprint density at radius 2 is 1.06 bits per heavy atom. The van der Waals surface area contributed by atoms with Crippen molar-refractivity contribution in [2.45, 2.75) is 54.4 Å². The van der Waals surface area contributed by atoms with E-state index >= 15 is 0 Å². The summed E-state index contributed by atoms with van der Waals surface area (Å²) in [5.41, 5.74) is 3.12. The van der Waals surface area contributed by atoms with Gasteiger partial charge in [-0.15, -0.1) is 0 Å². The van der Waals surface area contributed by atoms with Gasteiger partial charge < -0.3 is 9.47 Å². The molecule has 3 aromatic carbocycles. The molecule has 0 bridgehead atoms. The van der Waals surface area contributed by atoms with Gasteiger partial charge in [-0.3, -0.25) is 0 Å². The fourth-order valence-corrected chi connectivity index (χ4v) is 4.12. The molecule has 0 aliphatic rings. The summed E-state index contributed by atoms with van der Waals surface area (Å²) in [6, 6.07) is 11.8. The fourth-order valence-electron chi connectivity index (χ4n) is 4.12. The standard InChI is InChI=1S/C28H34O4/c1-7-19-11-9-13-21-23(19)25(27(29)31-15-17(3)4)22-14-10-12-20(8-2)24(22)26(21)28(30)32-16-18(5)6/h9-14,17-18H,7-8,15-16H2,1-6H3. The molecule has 0 aromatic heterocycles. The van der Waals surface area contributed by atoms with E-state index in [0.29, 0.717) is 24.3 Å². The van der Waals surface area contributed by atoms with E-state index in [4.69, 9.17) is 9.47 Å². The maximum Gasteiger partial charge on any atom is 0.339 e. The maximum atomic E-state index is 13.4. The zero-order chi connectivity index (χ0) is 23.4. The molecule has 0 fully saturated rings. The molecule has 4 nitrogen and oxygen atoms in total. The predicted octanol–water partition coefficient (Wildman–Crippen LogP) is 6.74. The first-order valence-corrected chi connectivity index (χ1v) is 11.6. The minimum absolute atomic E-state index is 0.235. The molecule has 0 amide bonds. The van der Waals surface area contributed by atoms with Gasteiger partial charge in [0.1, 0.15) is 0 Å². The van der Waals surface area contributed by atoms with Crippen molar-refractivity contribution in [3.63, 3.8) is 0 Å². The highest BCUT2D eigenvalue weighted by atomic mass is 16.5. The van der Waals surface area contributed by atoms with Crippen LogP contribution < -0.4 is 0 Å². The maximum absolute atomic E-state index is 13.4. The molecule has 0 spiro atoms. The van der Waals surface area contributed by atoms with Crippen molar-refractivity contribution >= 4 is 33.5 Å². The minimum Gasteiger partial charge on any atom is -0.462 e. The van der Waals surface area contributed by atoms with E-state index in [9.17, 15) is 9.59 Å². The Morgan fingerprint density at radius 3 is 1.38 bits per heavy atom. The van der Waals surface area contributed by atoms with Crippen molar-refractivity contribution in [2.75, 3.05) is 13.2 Å². The lowest BCUT2D eigenvalue weighted by Crippen LogP contribution is -2.16. The highest BCUT2D eigenvalue weighted by Crippen LogP contribution is 2.38. The SMILES string of the molecule is CCc1cccc2c(C(=O)OCC(C)C)c3c(CC)cccc3c(C(=O)OCC(C)C)c12. The van der Waals surface area contributed by atoms with Gasteiger partial charge in [-0.25, -0.2) is 9.59 Å². The number of aryl methyl sites for hydroxylation is 2. The lowest BCUT2D eigenvalue weighted by molar-refractivity contribution is 0.0452. The van der Waals surface area contributed by atoms with Crippen LogP contribution in [0.5, 0.6) is 0 Å². The molecule has 3 rings (SSSR count). The molecule has 0 saturated carbocycles. The van der Waals surface area contributed by atoms with Crippen LogP contribution in [0.2, 0.25) is 0 Å². The molecule has 0 atom stereocenters. The molecule has 170 valence electrons. The minimum atomic E-state index is -0.343. The molecule has 0 aliphatic heterocycles. The monoisotopic (exact) mass is 434 g/mol. The molecule has 32 heavy (non-hydrogen) atoms. The van der Waals surface area contributed by atoms with E-state index in [1.54, 1.807) is 0 Å². The van der Waals surface area contributed by atoms with Crippen molar-refractivity contribution in [3.05, 3.63) is 58.7 Å². The van der Waals surface area contributed by atoms with Crippen LogP contribution in [0.1, 0.15) is 73.4 Å². The number of rotatable bonds is 8. The summed E-state index contributed by atoms with van der Waals surface area (Å²) >= 11 is 0. The van der Waals surface area contributed by atoms with Crippen LogP contribution in [0.15, 0.2) is 36.4 Å². The van der Waals surface area contributed by atoms with Gasteiger partial charge in [-0.2, -0.15) is 0 Å². The van der Waals surface area contributed by atoms with Crippen molar-refractivity contribution in [1.29, 1.82) is 0 Å². The van der Waals surface area contributed by atoms with Gasteiger partial charge >= 0.3 is 11.9 Å². The molecule has 0 heterocycles. The fraction of sp³-hybridized carbons (Fsp3) is 0.429. The van der Waals surface area contributed by atoms with Crippen LogP contribution in [0.4, 0.5) is 0 Å². The number of hydrogen-bond donors (Lipinski definition) is 0. The van der Waals surface area contributed by atoms with E-state index in [-0.39, 0.29) is 23.8 Å². The number of carbonyl (C=O) groups is 2. The van der Waals surface area contributed by atoms with Gasteiger partial charge in [0.15, 0.2) is 0 Å². The number of fused-ring (bicyclic) bond motifs is 2. The number of ether oxygens (including phenoxy) is 2. The summed E-state index contributed by atoms with van der Waals surface area (Å²) < 4.78 is 11.4. The van der Waals surface area contributed by atoms with Gasteiger partial charge in [-0.05, 0) is 46.6 Å². The van der Waals surface area contributed by atoms with Crippen molar-refractivity contribution in [2.24, 2.45) is 11.8 Å². The van der Waals surface area contributed by atoms with E-state index in [1.165, 1.54) is 0 Å². The second kappa shape index (κ2) is 10.2. The van der Waals surface area contributed by atoms with Gasteiger partial charge in [0.25, 0.3) is 0 Å². The van der Waals surface area contributed by atoms with Crippen LogP contribution in [0.3, 0.4) is 0 Å². The molecule has 0 saturated heterocycles. The second-order valence-electron chi connectivity index (χ2n) is 9.12. The third-order valence-electron chi connectivity index (χ3n) is 5.61. The largest absolute Gasteiger partial charge is 0.462 e. The summed E-state index contributed by atoms with van der Waals surface area (Å²) in [6.45, 7) is 12.9. The quantitative estimate of drug-likeness (QED) is 0.291. The van der Waals surface area contributed by atoms with Crippen LogP contribution >= 0.6 is 0 Å². The average Bonchev–Trinajstić information content (AvgIpc) is 2.78.